The number of epoxide rings is 2. The molecule has 8 atom stereocenters. The van der Waals surface area contributed by atoms with Crippen LogP contribution in [-0.4, -0.2) is 82.0 Å². The molecular weight excluding hydrogens is 644 g/mol. The fourth-order valence-electron chi connectivity index (χ4n) is 9.01. The Morgan fingerprint density at radius 2 is 1.32 bits per heavy atom. The van der Waals surface area contributed by atoms with Gasteiger partial charge in [-0.15, -0.1) is 0 Å². The second kappa shape index (κ2) is 14.2. The summed E-state index contributed by atoms with van der Waals surface area (Å²) in [5.41, 5.74) is 1.54. The van der Waals surface area contributed by atoms with Gasteiger partial charge in [-0.1, -0.05) is 49.3 Å². The number of carboxylic acid groups (broad SMARTS) is 2. The third-order valence-electron chi connectivity index (χ3n) is 12.0. The highest BCUT2D eigenvalue weighted by molar-refractivity contribution is 5.91. The Balaban J connectivity index is 1.26. The fourth-order valence-corrected chi connectivity index (χ4v) is 9.01. The second-order valence-electron chi connectivity index (χ2n) is 15.7. The molecule has 4 fully saturated rings. The Kier molecular flexibility index (Phi) is 10.2. The zero-order valence-corrected chi connectivity index (χ0v) is 29.3. The first-order valence-corrected chi connectivity index (χ1v) is 18.2. The topological polar surface area (TPSA) is 176 Å². The SMILES string of the molecule is C=C1C(=O)O[C@H]2[C@H]1CC/C(CC(CCCCCNC(=O)O)(C/C1=C/CC[C@@]3(C)O[C@H]3[C@H]3OC(=O)C(=C)[C@@H]3CC1)NC(=O)O)=C\CC[C@@]1(C)O[C@@H]21. The van der Waals surface area contributed by atoms with Gasteiger partial charge in [0.1, 0.15) is 24.4 Å². The number of amides is 2. The van der Waals surface area contributed by atoms with Crippen molar-refractivity contribution >= 4 is 24.1 Å². The number of carbonyl (C=O) groups is 4. The van der Waals surface area contributed by atoms with E-state index in [-0.39, 0.29) is 59.4 Å². The van der Waals surface area contributed by atoms with Crippen molar-refractivity contribution in [3.63, 3.8) is 0 Å². The normalized spacial score (nSPS) is 38.2. The van der Waals surface area contributed by atoms with Crippen LogP contribution in [-0.2, 0) is 28.5 Å². The number of unbranched alkanes of at least 4 members (excludes halogenated alkanes) is 2. The van der Waals surface area contributed by atoms with Gasteiger partial charge < -0.3 is 39.8 Å². The predicted octanol–water partition coefficient (Wildman–Crippen LogP) is 6.11. The van der Waals surface area contributed by atoms with E-state index in [1.54, 1.807) is 0 Å². The molecule has 6 aliphatic rings. The fraction of sp³-hybridized carbons (Fsp3) is 0.684. The third kappa shape index (κ3) is 7.81. The lowest BCUT2D eigenvalue weighted by molar-refractivity contribution is -0.140. The molecule has 0 radical (unpaired) electrons. The Labute approximate surface area is 293 Å². The molecule has 4 heterocycles. The maximum atomic E-state index is 12.6. The van der Waals surface area contributed by atoms with Crippen LogP contribution in [0, 0.1) is 11.8 Å². The Bertz CT molecular complexity index is 1400. The number of nitrogens with one attached hydrogen (secondary N) is 2. The minimum Gasteiger partial charge on any atom is -0.465 e. The average molecular weight is 697 g/mol. The van der Waals surface area contributed by atoms with Crippen LogP contribution in [0.25, 0.3) is 0 Å². The molecule has 2 aliphatic carbocycles. The molecule has 4 saturated heterocycles. The van der Waals surface area contributed by atoms with Crippen LogP contribution < -0.4 is 10.6 Å². The van der Waals surface area contributed by atoms with E-state index < -0.39 is 17.7 Å². The largest absolute Gasteiger partial charge is 0.465 e. The van der Waals surface area contributed by atoms with Crippen molar-refractivity contribution in [1.29, 1.82) is 0 Å². The summed E-state index contributed by atoms with van der Waals surface area (Å²) in [6.45, 7) is 12.5. The molecule has 4 aliphatic heterocycles. The molecule has 4 N–H and O–H groups in total. The quantitative estimate of drug-likeness (QED) is 0.0648. The lowest BCUT2D eigenvalue weighted by atomic mass is 9.75. The smallest absolute Gasteiger partial charge is 0.405 e. The molecular formula is C38H52N2O10. The van der Waals surface area contributed by atoms with Gasteiger partial charge in [0.25, 0.3) is 0 Å². The average Bonchev–Trinajstić information content (AvgIpc) is 3.85. The van der Waals surface area contributed by atoms with E-state index in [9.17, 15) is 24.3 Å². The lowest BCUT2D eigenvalue weighted by Crippen LogP contribution is -2.49. The standard InChI is InChI=1S/C38H52N2O10/c1-22-26-14-12-24(10-8-16-36(3)30(49-36)28(26)47-32(22)41)20-38(40-35(45)46,18-6-5-7-19-39-34(43)44)21-25-11-9-17-37(4)31(50-37)29-27(15-13-25)23(2)33(42)48-29/h10-11,26-31,39-40H,1-2,5-9,12-21H2,3-4H3,(H,43,44)(H,45,46)/b24-10+,25-11+/t26-,27-,28-,29-,30-,31-,36+,37+/m0/s1. The van der Waals surface area contributed by atoms with Crippen molar-refractivity contribution in [2.75, 3.05) is 6.54 Å². The molecule has 0 spiro atoms. The molecule has 274 valence electrons. The molecule has 0 bridgehead atoms. The number of hydrogen-bond acceptors (Lipinski definition) is 8. The first kappa shape index (κ1) is 36.2. The highest BCUT2D eigenvalue weighted by Crippen LogP contribution is 2.52. The number of allylic oxidation sites excluding steroid dienone is 2. The van der Waals surface area contributed by atoms with Crippen molar-refractivity contribution in [2.24, 2.45) is 11.8 Å². The van der Waals surface area contributed by atoms with Gasteiger partial charge in [0.15, 0.2) is 0 Å². The zero-order chi connectivity index (χ0) is 35.8. The Hall–Kier alpha value is -3.64. The van der Waals surface area contributed by atoms with Gasteiger partial charge in [-0.2, -0.15) is 0 Å². The number of ether oxygens (including phenoxy) is 4. The molecule has 0 aromatic rings. The van der Waals surface area contributed by atoms with Gasteiger partial charge in [-0.05, 0) is 90.9 Å². The highest BCUT2D eigenvalue weighted by Gasteiger charge is 2.62. The van der Waals surface area contributed by atoms with Gasteiger partial charge in [0.2, 0.25) is 0 Å². The molecule has 0 saturated carbocycles. The van der Waals surface area contributed by atoms with Crippen molar-refractivity contribution in [3.05, 3.63) is 47.6 Å². The monoisotopic (exact) mass is 696 g/mol. The highest BCUT2D eigenvalue weighted by atomic mass is 16.7. The molecule has 0 unspecified atom stereocenters. The van der Waals surface area contributed by atoms with Crippen LogP contribution in [0.2, 0.25) is 0 Å². The van der Waals surface area contributed by atoms with Crippen LogP contribution in [0.5, 0.6) is 0 Å². The second-order valence-corrected chi connectivity index (χ2v) is 15.7. The number of esters is 2. The number of hydrogen-bond donors (Lipinski definition) is 4. The van der Waals surface area contributed by atoms with E-state index in [0.717, 1.165) is 43.3 Å². The minimum atomic E-state index is -1.10. The summed E-state index contributed by atoms with van der Waals surface area (Å²) in [4.78, 5) is 48.8. The van der Waals surface area contributed by atoms with E-state index >= 15 is 0 Å². The van der Waals surface area contributed by atoms with Crippen molar-refractivity contribution < 1.29 is 48.3 Å². The van der Waals surface area contributed by atoms with E-state index in [0.29, 0.717) is 75.5 Å². The molecule has 50 heavy (non-hydrogen) atoms. The minimum absolute atomic E-state index is 0.150. The van der Waals surface area contributed by atoms with Gasteiger partial charge in [0, 0.05) is 29.5 Å². The summed E-state index contributed by atoms with van der Waals surface area (Å²) < 4.78 is 23.7. The summed E-state index contributed by atoms with van der Waals surface area (Å²) in [7, 11) is 0. The summed E-state index contributed by atoms with van der Waals surface area (Å²) >= 11 is 0. The van der Waals surface area contributed by atoms with E-state index in [2.05, 4.69) is 49.8 Å². The number of rotatable bonds is 11. The summed E-state index contributed by atoms with van der Waals surface area (Å²) in [6, 6.07) is 0. The maximum absolute atomic E-state index is 12.6. The van der Waals surface area contributed by atoms with Crippen LogP contribution in [0.4, 0.5) is 9.59 Å². The first-order valence-electron chi connectivity index (χ1n) is 18.2. The lowest BCUT2D eigenvalue weighted by Gasteiger charge is -2.37. The van der Waals surface area contributed by atoms with Gasteiger partial charge in [0.05, 0.1) is 16.7 Å². The van der Waals surface area contributed by atoms with Crippen LogP contribution in [0.15, 0.2) is 47.6 Å². The number of carbonyl (C=O) groups excluding carboxylic acids is 2. The Morgan fingerprint density at radius 3 is 1.78 bits per heavy atom. The van der Waals surface area contributed by atoms with Gasteiger partial charge in [-0.25, -0.2) is 19.2 Å². The predicted molar refractivity (Wildman–Crippen MR) is 182 cm³/mol. The first-order chi connectivity index (χ1) is 23.7. The molecule has 12 nitrogen and oxygen atoms in total. The molecule has 12 heteroatoms. The van der Waals surface area contributed by atoms with E-state index in [1.807, 2.05) is 0 Å². The van der Waals surface area contributed by atoms with Gasteiger partial charge >= 0.3 is 24.1 Å². The summed E-state index contributed by atoms with van der Waals surface area (Å²) in [6.07, 6.45) is 10.4. The van der Waals surface area contributed by atoms with Crippen LogP contribution >= 0.6 is 0 Å². The van der Waals surface area contributed by atoms with Crippen molar-refractivity contribution in [1.82, 2.24) is 10.6 Å². The van der Waals surface area contributed by atoms with Crippen molar-refractivity contribution in [2.45, 2.75) is 145 Å². The third-order valence-corrected chi connectivity index (χ3v) is 12.0. The molecule has 6 rings (SSSR count). The summed E-state index contributed by atoms with van der Waals surface area (Å²) in [5, 5.41) is 24.7. The van der Waals surface area contributed by atoms with Crippen molar-refractivity contribution in [3.8, 4) is 0 Å². The van der Waals surface area contributed by atoms with Crippen LogP contribution in [0.1, 0.15) is 104 Å². The van der Waals surface area contributed by atoms with Gasteiger partial charge in [-0.3, -0.25) is 0 Å². The zero-order valence-electron chi connectivity index (χ0n) is 29.3. The molecule has 0 aromatic heterocycles. The molecule has 2 amide bonds. The van der Waals surface area contributed by atoms with Crippen LogP contribution in [0.3, 0.4) is 0 Å². The molecule has 0 aromatic carbocycles. The Morgan fingerprint density at radius 1 is 0.820 bits per heavy atom. The maximum Gasteiger partial charge on any atom is 0.405 e. The number of fused-ring (bicyclic) bond motifs is 6. The van der Waals surface area contributed by atoms with E-state index in [4.69, 9.17) is 24.1 Å². The summed E-state index contributed by atoms with van der Waals surface area (Å²) in [5.74, 6) is -1.10. The van der Waals surface area contributed by atoms with E-state index in [1.165, 1.54) is 0 Å².